The number of sulfonamides is 1. The Bertz CT molecular complexity index is 759. The predicted molar refractivity (Wildman–Crippen MR) is 81.4 cm³/mol. The molecule has 1 aromatic heterocycles. The number of ether oxygens (including phenoxy) is 1. The minimum atomic E-state index is -3.77. The molecule has 2 aromatic rings. The second-order valence-electron chi connectivity index (χ2n) is 4.98. The van der Waals surface area contributed by atoms with Gasteiger partial charge in [-0.1, -0.05) is 26.0 Å². The molecule has 1 N–H and O–H groups in total. The minimum Gasteiger partial charge on any atom is -0.463 e. The zero-order valence-corrected chi connectivity index (χ0v) is 13.3. The number of carbonyl (C=O) groups excluding carboxylic acids is 1. The van der Waals surface area contributed by atoms with E-state index in [0.29, 0.717) is 5.92 Å². The highest BCUT2D eigenvalue weighted by Crippen LogP contribution is 2.21. The molecule has 0 unspecified atom stereocenters. The second kappa shape index (κ2) is 6.23. The van der Waals surface area contributed by atoms with Crippen molar-refractivity contribution in [2.45, 2.75) is 24.7 Å². The SMILES string of the molecule is COC(=O)c1ccc(NS(=O)(=O)c2ccc(C(C)C)cc2)o1. The zero-order valence-electron chi connectivity index (χ0n) is 12.5. The summed E-state index contributed by atoms with van der Waals surface area (Å²) in [5.74, 6) is -0.479. The maximum atomic E-state index is 12.2. The Morgan fingerprint density at radius 3 is 2.32 bits per heavy atom. The average molecular weight is 323 g/mol. The van der Waals surface area contributed by atoms with Crippen LogP contribution in [0.5, 0.6) is 0 Å². The molecule has 0 atom stereocenters. The highest BCUT2D eigenvalue weighted by atomic mass is 32.2. The van der Waals surface area contributed by atoms with Crippen LogP contribution in [0, 0.1) is 0 Å². The molecule has 0 amide bonds. The standard InChI is InChI=1S/C15H17NO5S/c1-10(2)11-4-6-12(7-5-11)22(18,19)16-14-9-8-13(21-14)15(17)20-3/h4-10,16H,1-3H3. The normalized spacial score (nSPS) is 11.5. The Labute approximate surface area is 129 Å². The lowest BCUT2D eigenvalue weighted by atomic mass is 10.0. The predicted octanol–water partition coefficient (Wildman–Crippen LogP) is 2.99. The van der Waals surface area contributed by atoms with E-state index < -0.39 is 16.0 Å². The van der Waals surface area contributed by atoms with Crippen LogP contribution in [0.1, 0.15) is 35.9 Å². The van der Waals surface area contributed by atoms with Gasteiger partial charge in [0.05, 0.1) is 12.0 Å². The quantitative estimate of drug-likeness (QED) is 0.855. The van der Waals surface area contributed by atoms with Crippen molar-refractivity contribution in [1.29, 1.82) is 0 Å². The summed E-state index contributed by atoms with van der Waals surface area (Å²) in [7, 11) is -2.56. The molecule has 0 spiro atoms. The average Bonchev–Trinajstić information content (AvgIpc) is 2.94. The smallest absolute Gasteiger partial charge is 0.374 e. The van der Waals surface area contributed by atoms with Gasteiger partial charge in [-0.3, -0.25) is 0 Å². The molecule has 0 aliphatic heterocycles. The number of carbonyl (C=O) groups is 1. The highest BCUT2D eigenvalue weighted by Gasteiger charge is 2.18. The van der Waals surface area contributed by atoms with Crippen LogP contribution >= 0.6 is 0 Å². The summed E-state index contributed by atoms with van der Waals surface area (Å²) in [6, 6.07) is 9.28. The van der Waals surface area contributed by atoms with E-state index in [1.807, 2.05) is 13.8 Å². The molecule has 118 valence electrons. The van der Waals surface area contributed by atoms with Crippen molar-refractivity contribution in [1.82, 2.24) is 0 Å². The van der Waals surface area contributed by atoms with Crippen LogP contribution in [0.15, 0.2) is 45.7 Å². The monoisotopic (exact) mass is 323 g/mol. The van der Waals surface area contributed by atoms with Crippen LogP contribution in [0.4, 0.5) is 5.88 Å². The first kappa shape index (κ1) is 16.1. The first-order valence-electron chi connectivity index (χ1n) is 6.64. The molecule has 22 heavy (non-hydrogen) atoms. The van der Waals surface area contributed by atoms with Gasteiger partial charge in [-0.25, -0.2) is 17.9 Å². The van der Waals surface area contributed by atoms with E-state index >= 15 is 0 Å². The molecule has 0 bridgehead atoms. The fourth-order valence-electron chi connectivity index (χ4n) is 1.83. The number of esters is 1. The molecule has 6 nitrogen and oxygen atoms in total. The summed E-state index contributed by atoms with van der Waals surface area (Å²) in [6.07, 6.45) is 0. The molecule has 1 aromatic carbocycles. The van der Waals surface area contributed by atoms with Gasteiger partial charge >= 0.3 is 5.97 Å². The van der Waals surface area contributed by atoms with Crippen LogP contribution in [-0.2, 0) is 14.8 Å². The van der Waals surface area contributed by atoms with Crippen molar-refractivity contribution in [3.05, 3.63) is 47.7 Å². The van der Waals surface area contributed by atoms with Gasteiger partial charge in [0, 0.05) is 6.07 Å². The molecule has 2 rings (SSSR count). The fourth-order valence-corrected chi connectivity index (χ4v) is 2.81. The lowest BCUT2D eigenvalue weighted by molar-refractivity contribution is 0.0566. The summed E-state index contributed by atoms with van der Waals surface area (Å²) in [4.78, 5) is 11.4. The van der Waals surface area contributed by atoms with Crippen molar-refractivity contribution in [2.75, 3.05) is 11.8 Å². The van der Waals surface area contributed by atoms with Gasteiger partial charge in [-0.05, 0) is 29.7 Å². The van der Waals surface area contributed by atoms with E-state index in [9.17, 15) is 13.2 Å². The van der Waals surface area contributed by atoms with Crippen molar-refractivity contribution < 1.29 is 22.4 Å². The molecule has 0 saturated heterocycles. The van der Waals surface area contributed by atoms with Gasteiger partial charge in [-0.15, -0.1) is 0 Å². The van der Waals surface area contributed by atoms with Gasteiger partial charge < -0.3 is 9.15 Å². The number of nitrogens with one attached hydrogen (secondary N) is 1. The van der Waals surface area contributed by atoms with Crippen LogP contribution in [0.25, 0.3) is 0 Å². The third kappa shape index (κ3) is 3.48. The minimum absolute atomic E-state index is 0.0478. The lowest BCUT2D eigenvalue weighted by Gasteiger charge is -2.08. The molecule has 1 heterocycles. The first-order chi connectivity index (χ1) is 10.3. The largest absolute Gasteiger partial charge is 0.463 e. The van der Waals surface area contributed by atoms with Gasteiger partial charge in [-0.2, -0.15) is 0 Å². The Hall–Kier alpha value is -2.28. The third-order valence-corrected chi connectivity index (χ3v) is 4.45. The molecule has 0 saturated carbocycles. The number of rotatable bonds is 5. The topological polar surface area (TPSA) is 85.6 Å². The lowest BCUT2D eigenvalue weighted by Crippen LogP contribution is -2.12. The maximum absolute atomic E-state index is 12.2. The highest BCUT2D eigenvalue weighted by molar-refractivity contribution is 7.92. The summed E-state index contributed by atoms with van der Waals surface area (Å²) in [5.41, 5.74) is 1.05. The zero-order chi connectivity index (χ0) is 16.3. The third-order valence-electron chi connectivity index (χ3n) is 3.08. The Morgan fingerprint density at radius 2 is 1.77 bits per heavy atom. The fraction of sp³-hybridized carbons (Fsp3) is 0.267. The number of hydrogen-bond acceptors (Lipinski definition) is 5. The van der Waals surface area contributed by atoms with Gasteiger partial charge in [0.1, 0.15) is 0 Å². The van der Waals surface area contributed by atoms with Gasteiger partial charge in [0.15, 0.2) is 0 Å². The van der Waals surface area contributed by atoms with Crippen molar-refractivity contribution >= 4 is 21.9 Å². The number of methoxy groups -OCH3 is 1. The Kier molecular flexibility index (Phi) is 4.56. The Balaban J connectivity index is 2.20. The molecule has 0 radical (unpaired) electrons. The van der Waals surface area contributed by atoms with Crippen LogP contribution < -0.4 is 4.72 Å². The van der Waals surface area contributed by atoms with E-state index in [0.717, 1.165) is 5.56 Å². The van der Waals surface area contributed by atoms with Crippen LogP contribution in [0.2, 0.25) is 0 Å². The van der Waals surface area contributed by atoms with Crippen LogP contribution in [-0.4, -0.2) is 21.5 Å². The van der Waals surface area contributed by atoms with E-state index in [-0.39, 0.29) is 16.5 Å². The van der Waals surface area contributed by atoms with Crippen molar-refractivity contribution in [3.8, 4) is 0 Å². The molecule has 0 aliphatic carbocycles. The van der Waals surface area contributed by atoms with Crippen molar-refractivity contribution in [3.63, 3.8) is 0 Å². The number of anilines is 1. The molecular weight excluding hydrogens is 306 g/mol. The molecular formula is C15H17NO5S. The van der Waals surface area contributed by atoms with Gasteiger partial charge in [0.2, 0.25) is 11.6 Å². The molecule has 0 aliphatic rings. The van der Waals surface area contributed by atoms with Crippen molar-refractivity contribution in [2.24, 2.45) is 0 Å². The number of furan rings is 1. The second-order valence-corrected chi connectivity index (χ2v) is 6.67. The van der Waals surface area contributed by atoms with E-state index in [1.165, 1.54) is 31.4 Å². The number of benzene rings is 1. The summed E-state index contributed by atoms with van der Waals surface area (Å²) >= 11 is 0. The summed E-state index contributed by atoms with van der Waals surface area (Å²) in [6.45, 7) is 4.05. The van der Waals surface area contributed by atoms with E-state index in [2.05, 4.69) is 9.46 Å². The maximum Gasteiger partial charge on any atom is 0.374 e. The first-order valence-corrected chi connectivity index (χ1v) is 8.12. The molecule has 7 heteroatoms. The van der Waals surface area contributed by atoms with Gasteiger partial charge in [0.25, 0.3) is 10.0 Å². The van der Waals surface area contributed by atoms with Crippen LogP contribution in [0.3, 0.4) is 0 Å². The summed E-state index contributed by atoms with van der Waals surface area (Å²) < 4.78 is 36.3. The Morgan fingerprint density at radius 1 is 1.14 bits per heavy atom. The summed E-state index contributed by atoms with van der Waals surface area (Å²) in [5, 5.41) is 0. The number of hydrogen-bond donors (Lipinski definition) is 1. The van der Waals surface area contributed by atoms with E-state index in [4.69, 9.17) is 4.42 Å². The van der Waals surface area contributed by atoms with E-state index in [1.54, 1.807) is 12.1 Å². The molecule has 0 fully saturated rings.